The lowest BCUT2D eigenvalue weighted by molar-refractivity contribution is -0.167. The molecule has 0 amide bonds. The maximum atomic E-state index is 12.7. The molecule has 0 aliphatic heterocycles. The minimum absolute atomic E-state index is 0.0637. The predicted molar refractivity (Wildman–Crippen MR) is 224 cm³/mol. The largest absolute Gasteiger partial charge is 0.462 e. The van der Waals surface area contributed by atoms with E-state index in [1.165, 1.54) is 154 Å². The highest BCUT2D eigenvalue weighted by atomic mass is 16.6. The molecule has 0 saturated carbocycles. The van der Waals surface area contributed by atoms with E-state index in [1.54, 1.807) is 0 Å². The van der Waals surface area contributed by atoms with Crippen LogP contribution in [-0.4, -0.2) is 37.2 Å². The fraction of sp³-hybridized carbons (Fsp3) is 0.936. The molecule has 0 saturated heterocycles. The average molecular weight is 751 g/mol. The van der Waals surface area contributed by atoms with Crippen molar-refractivity contribution in [3.63, 3.8) is 0 Å². The van der Waals surface area contributed by atoms with Crippen molar-refractivity contribution in [2.24, 2.45) is 5.92 Å². The third kappa shape index (κ3) is 41.4. The number of ether oxygens (including phenoxy) is 3. The van der Waals surface area contributed by atoms with E-state index in [1.807, 2.05) is 0 Å². The van der Waals surface area contributed by atoms with Gasteiger partial charge in [-0.3, -0.25) is 14.4 Å². The molecule has 0 radical (unpaired) electrons. The van der Waals surface area contributed by atoms with Crippen molar-refractivity contribution in [2.45, 2.75) is 265 Å². The summed E-state index contributed by atoms with van der Waals surface area (Å²) in [6.07, 6.45) is 40.8. The second kappa shape index (κ2) is 41.6. The molecule has 0 aromatic heterocycles. The van der Waals surface area contributed by atoms with Gasteiger partial charge in [-0.25, -0.2) is 0 Å². The van der Waals surface area contributed by atoms with Crippen molar-refractivity contribution in [1.29, 1.82) is 0 Å². The summed E-state index contributed by atoms with van der Waals surface area (Å²) in [5.74, 6) is -0.0374. The molecule has 0 N–H and O–H groups in total. The van der Waals surface area contributed by atoms with Crippen molar-refractivity contribution in [1.82, 2.24) is 0 Å². The number of carbonyl (C=O) groups excluding carboxylic acids is 3. The molecule has 6 nitrogen and oxygen atoms in total. The van der Waals surface area contributed by atoms with Crippen molar-refractivity contribution in [3.05, 3.63) is 0 Å². The van der Waals surface area contributed by atoms with Crippen molar-refractivity contribution in [3.8, 4) is 0 Å². The van der Waals surface area contributed by atoms with Gasteiger partial charge in [0.25, 0.3) is 0 Å². The number of esters is 3. The Morgan fingerprint density at radius 1 is 0.358 bits per heavy atom. The van der Waals surface area contributed by atoms with Crippen molar-refractivity contribution >= 4 is 17.9 Å². The lowest BCUT2D eigenvalue weighted by atomic mass is 10.0. The molecule has 1 atom stereocenters. The van der Waals surface area contributed by atoms with Gasteiger partial charge in [0, 0.05) is 19.3 Å². The molecule has 0 bridgehead atoms. The van der Waals surface area contributed by atoms with Gasteiger partial charge in [0.2, 0.25) is 0 Å². The molecule has 0 rings (SSSR count). The van der Waals surface area contributed by atoms with Gasteiger partial charge in [0.15, 0.2) is 6.10 Å². The first-order valence-corrected chi connectivity index (χ1v) is 23.4. The summed E-state index contributed by atoms with van der Waals surface area (Å²) in [6, 6.07) is 0. The Kier molecular flexibility index (Phi) is 40.3. The molecular weight excluding hydrogens is 661 g/mol. The van der Waals surface area contributed by atoms with E-state index in [0.29, 0.717) is 19.3 Å². The van der Waals surface area contributed by atoms with Crippen LogP contribution in [0.3, 0.4) is 0 Å². The van der Waals surface area contributed by atoms with E-state index in [0.717, 1.165) is 63.7 Å². The second-order valence-electron chi connectivity index (χ2n) is 16.5. The summed E-state index contributed by atoms with van der Waals surface area (Å²) >= 11 is 0. The molecule has 0 aliphatic carbocycles. The van der Waals surface area contributed by atoms with Crippen LogP contribution in [0.1, 0.15) is 259 Å². The number of unbranched alkanes of at least 4 members (excludes halogenated alkanes) is 29. The van der Waals surface area contributed by atoms with Crippen molar-refractivity contribution < 1.29 is 28.6 Å². The monoisotopic (exact) mass is 751 g/mol. The zero-order valence-electron chi connectivity index (χ0n) is 36.0. The molecule has 0 unspecified atom stereocenters. The summed E-state index contributed by atoms with van der Waals surface area (Å²) in [5, 5.41) is 0. The third-order valence-electron chi connectivity index (χ3n) is 10.5. The van der Waals surface area contributed by atoms with Gasteiger partial charge in [0.05, 0.1) is 0 Å². The fourth-order valence-corrected chi connectivity index (χ4v) is 6.98. The number of hydrogen-bond donors (Lipinski definition) is 0. The molecule has 0 aromatic rings. The molecule has 314 valence electrons. The molecule has 53 heavy (non-hydrogen) atoms. The Bertz CT molecular complexity index is 796. The van der Waals surface area contributed by atoms with Gasteiger partial charge in [-0.2, -0.15) is 0 Å². The van der Waals surface area contributed by atoms with Gasteiger partial charge in [-0.1, -0.05) is 220 Å². The molecule has 6 heteroatoms. The van der Waals surface area contributed by atoms with Gasteiger partial charge >= 0.3 is 17.9 Å². The normalized spacial score (nSPS) is 11.9. The summed E-state index contributed by atoms with van der Waals surface area (Å²) in [7, 11) is 0. The first kappa shape index (κ1) is 51.4. The minimum atomic E-state index is -0.759. The van der Waals surface area contributed by atoms with Gasteiger partial charge in [-0.05, 0) is 25.2 Å². The Balaban J connectivity index is 4.32. The highest BCUT2D eigenvalue weighted by molar-refractivity contribution is 5.71. The number of hydrogen-bond acceptors (Lipinski definition) is 6. The third-order valence-corrected chi connectivity index (χ3v) is 10.5. The van der Waals surface area contributed by atoms with Crippen LogP contribution in [0, 0.1) is 5.92 Å². The Hall–Kier alpha value is -1.59. The molecule has 0 fully saturated rings. The van der Waals surface area contributed by atoms with Crippen LogP contribution in [-0.2, 0) is 28.6 Å². The van der Waals surface area contributed by atoms with Crippen LogP contribution in [0.2, 0.25) is 0 Å². The van der Waals surface area contributed by atoms with Crippen LogP contribution >= 0.6 is 0 Å². The van der Waals surface area contributed by atoms with Gasteiger partial charge in [-0.15, -0.1) is 0 Å². The lowest BCUT2D eigenvalue weighted by Crippen LogP contribution is -2.30. The summed E-state index contributed by atoms with van der Waals surface area (Å²) in [6.45, 7) is 8.98. The van der Waals surface area contributed by atoms with E-state index < -0.39 is 6.10 Å². The second-order valence-corrected chi connectivity index (χ2v) is 16.5. The van der Waals surface area contributed by atoms with Crippen LogP contribution in [0.15, 0.2) is 0 Å². The Morgan fingerprint density at radius 3 is 0.925 bits per heavy atom. The summed E-state index contributed by atoms with van der Waals surface area (Å²) in [4.78, 5) is 37.7. The maximum absolute atomic E-state index is 12.7. The predicted octanol–water partition coefficient (Wildman–Crippen LogP) is 14.7. The minimum Gasteiger partial charge on any atom is -0.462 e. The van der Waals surface area contributed by atoms with Gasteiger partial charge in [0.1, 0.15) is 13.2 Å². The maximum Gasteiger partial charge on any atom is 0.306 e. The Labute approximate surface area is 329 Å². The topological polar surface area (TPSA) is 78.9 Å². The van der Waals surface area contributed by atoms with E-state index in [4.69, 9.17) is 14.2 Å². The average Bonchev–Trinajstić information content (AvgIpc) is 3.14. The summed E-state index contributed by atoms with van der Waals surface area (Å²) < 4.78 is 16.7. The molecule has 0 heterocycles. The lowest BCUT2D eigenvalue weighted by Gasteiger charge is -2.18. The van der Waals surface area contributed by atoms with E-state index in [-0.39, 0.29) is 31.1 Å². The van der Waals surface area contributed by atoms with Crippen LogP contribution in [0.25, 0.3) is 0 Å². The molecule has 0 spiro atoms. The van der Waals surface area contributed by atoms with Crippen LogP contribution in [0.5, 0.6) is 0 Å². The van der Waals surface area contributed by atoms with Crippen LogP contribution in [0.4, 0.5) is 0 Å². The van der Waals surface area contributed by atoms with E-state index in [2.05, 4.69) is 27.7 Å². The van der Waals surface area contributed by atoms with Crippen molar-refractivity contribution in [2.75, 3.05) is 13.2 Å². The van der Waals surface area contributed by atoms with E-state index in [9.17, 15) is 14.4 Å². The highest BCUT2D eigenvalue weighted by Crippen LogP contribution is 2.16. The zero-order valence-corrected chi connectivity index (χ0v) is 36.0. The number of rotatable bonds is 42. The SMILES string of the molecule is CCCCCCCCCCCCCCC(=O)OC[C@H](COC(=O)CCCCCCCCCCCC)OC(=O)CCCCCCCCCCCCC(C)C. The fourth-order valence-electron chi connectivity index (χ4n) is 6.98. The summed E-state index contributed by atoms with van der Waals surface area (Å²) in [5.41, 5.74) is 0. The van der Waals surface area contributed by atoms with E-state index >= 15 is 0 Å². The smallest absolute Gasteiger partial charge is 0.306 e. The molecular formula is C47H90O6. The highest BCUT2D eigenvalue weighted by Gasteiger charge is 2.19. The first-order chi connectivity index (χ1) is 25.9. The quantitative estimate of drug-likeness (QED) is 0.0351. The van der Waals surface area contributed by atoms with Crippen LogP contribution < -0.4 is 0 Å². The number of carbonyl (C=O) groups is 3. The standard InChI is InChI=1S/C47H90O6/c1-5-7-9-11-13-15-17-18-23-27-31-35-39-46(49)52-42-44(41-51-45(48)38-34-30-26-22-16-14-12-10-8-6-2)53-47(50)40-36-32-28-24-20-19-21-25-29-33-37-43(3)4/h43-44H,5-42H2,1-4H3/t44-/m0/s1. The molecule has 0 aliphatic rings. The van der Waals surface area contributed by atoms with Gasteiger partial charge < -0.3 is 14.2 Å². The first-order valence-electron chi connectivity index (χ1n) is 23.4. The molecule has 0 aromatic carbocycles. The Morgan fingerprint density at radius 2 is 0.623 bits per heavy atom. The zero-order chi connectivity index (χ0) is 38.9.